The van der Waals surface area contributed by atoms with Gasteiger partial charge in [-0.15, -0.1) is 0 Å². The molecule has 0 bridgehead atoms. The van der Waals surface area contributed by atoms with E-state index in [1.54, 1.807) is 0 Å². The van der Waals surface area contributed by atoms with E-state index in [1.165, 1.54) is 0 Å². The van der Waals surface area contributed by atoms with Crippen LogP contribution in [0.25, 0.3) is 16.9 Å². The first-order chi connectivity index (χ1) is 8.83. The minimum Gasteiger partial charge on any atom is -0.399 e. The fourth-order valence-corrected chi connectivity index (χ4v) is 1.87. The molecular weight excluding hydrogens is 222 g/mol. The SMILES string of the molecule is Nc1ccc(-c2cn(-c3ccccc3)cn2)cc1. The first-order valence-corrected chi connectivity index (χ1v) is 5.78. The van der Waals surface area contributed by atoms with Gasteiger partial charge in [-0.05, 0) is 24.3 Å². The zero-order valence-electron chi connectivity index (χ0n) is 9.82. The van der Waals surface area contributed by atoms with E-state index in [2.05, 4.69) is 17.1 Å². The van der Waals surface area contributed by atoms with Crippen LogP contribution in [0.15, 0.2) is 67.1 Å². The lowest BCUT2D eigenvalue weighted by atomic mass is 10.1. The summed E-state index contributed by atoms with van der Waals surface area (Å²) < 4.78 is 2.01. The second-order valence-electron chi connectivity index (χ2n) is 4.12. The third-order valence-electron chi connectivity index (χ3n) is 2.84. The average molecular weight is 235 g/mol. The molecule has 0 saturated heterocycles. The highest BCUT2D eigenvalue weighted by Crippen LogP contribution is 2.19. The molecule has 3 nitrogen and oxygen atoms in total. The second kappa shape index (κ2) is 4.37. The van der Waals surface area contributed by atoms with Crippen LogP contribution in [0, 0.1) is 0 Å². The van der Waals surface area contributed by atoms with E-state index < -0.39 is 0 Å². The van der Waals surface area contributed by atoms with Gasteiger partial charge in [0.05, 0.1) is 12.0 Å². The number of hydrogen-bond donors (Lipinski definition) is 1. The maximum absolute atomic E-state index is 5.68. The molecule has 0 fully saturated rings. The molecule has 0 aliphatic rings. The molecule has 0 spiro atoms. The summed E-state index contributed by atoms with van der Waals surface area (Å²) in [6.07, 6.45) is 3.84. The van der Waals surface area contributed by atoms with Crippen LogP contribution in [0.3, 0.4) is 0 Å². The maximum atomic E-state index is 5.68. The Balaban J connectivity index is 1.97. The Morgan fingerprint density at radius 1 is 0.889 bits per heavy atom. The maximum Gasteiger partial charge on any atom is 0.0999 e. The van der Waals surface area contributed by atoms with Gasteiger partial charge < -0.3 is 10.3 Å². The fourth-order valence-electron chi connectivity index (χ4n) is 1.87. The molecule has 2 aromatic carbocycles. The third-order valence-corrected chi connectivity index (χ3v) is 2.84. The largest absolute Gasteiger partial charge is 0.399 e. The summed E-state index contributed by atoms with van der Waals surface area (Å²) in [5, 5.41) is 0. The Kier molecular flexibility index (Phi) is 2.57. The van der Waals surface area contributed by atoms with E-state index in [1.807, 2.05) is 59.6 Å². The standard InChI is InChI=1S/C15H13N3/c16-13-8-6-12(7-9-13)15-10-18(11-17-15)14-4-2-1-3-5-14/h1-11H,16H2. The van der Waals surface area contributed by atoms with Crippen molar-refractivity contribution >= 4 is 5.69 Å². The zero-order valence-corrected chi connectivity index (χ0v) is 9.82. The lowest BCUT2D eigenvalue weighted by Gasteiger charge is -2.00. The summed E-state index contributed by atoms with van der Waals surface area (Å²) in [6, 6.07) is 17.9. The van der Waals surface area contributed by atoms with E-state index in [0.29, 0.717) is 0 Å². The lowest BCUT2D eigenvalue weighted by molar-refractivity contribution is 1.06. The van der Waals surface area contributed by atoms with Gasteiger partial charge >= 0.3 is 0 Å². The molecule has 0 aliphatic heterocycles. The van der Waals surface area contributed by atoms with E-state index in [9.17, 15) is 0 Å². The third kappa shape index (κ3) is 1.98. The Morgan fingerprint density at radius 2 is 1.61 bits per heavy atom. The van der Waals surface area contributed by atoms with Crippen molar-refractivity contribution in [3.05, 3.63) is 67.1 Å². The average Bonchev–Trinajstić information content (AvgIpc) is 2.90. The molecule has 2 N–H and O–H groups in total. The van der Waals surface area contributed by atoms with Crippen LogP contribution >= 0.6 is 0 Å². The molecule has 0 saturated carbocycles. The number of rotatable bonds is 2. The summed E-state index contributed by atoms with van der Waals surface area (Å²) in [4.78, 5) is 4.41. The molecule has 1 heterocycles. The van der Waals surface area contributed by atoms with Gasteiger partial charge in [-0.25, -0.2) is 4.98 Å². The van der Waals surface area contributed by atoms with Crippen molar-refractivity contribution in [2.45, 2.75) is 0 Å². The molecule has 0 atom stereocenters. The highest BCUT2D eigenvalue weighted by molar-refractivity contribution is 5.61. The minimum atomic E-state index is 0.765. The van der Waals surface area contributed by atoms with E-state index in [-0.39, 0.29) is 0 Å². The number of anilines is 1. The Labute approximate surface area is 106 Å². The summed E-state index contributed by atoms with van der Waals surface area (Å²) in [7, 11) is 0. The van der Waals surface area contributed by atoms with Gasteiger partial charge in [-0.3, -0.25) is 0 Å². The number of aromatic nitrogens is 2. The summed E-state index contributed by atoms with van der Waals surface area (Å²) >= 11 is 0. The quantitative estimate of drug-likeness (QED) is 0.693. The molecule has 3 aromatic rings. The van der Waals surface area contributed by atoms with Crippen LogP contribution < -0.4 is 5.73 Å². The first kappa shape index (κ1) is 10.6. The second-order valence-corrected chi connectivity index (χ2v) is 4.12. The Hall–Kier alpha value is -2.55. The van der Waals surface area contributed by atoms with E-state index in [4.69, 9.17) is 5.73 Å². The Morgan fingerprint density at radius 3 is 2.33 bits per heavy atom. The lowest BCUT2D eigenvalue weighted by Crippen LogP contribution is -1.87. The van der Waals surface area contributed by atoms with Crippen molar-refractivity contribution < 1.29 is 0 Å². The highest BCUT2D eigenvalue weighted by Gasteiger charge is 2.02. The monoisotopic (exact) mass is 235 g/mol. The molecule has 1 aromatic heterocycles. The zero-order chi connectivity index (χ0) is 12.4. The number of nitrogen functional groups attached to an aromatic ring is 1. The molecule has 18 heavy (non-hydrogen) atoms. The van der Waals surface area contributed by atoms with Gasteiger partial charge in [-0.1, -0.05) is 30.3 Å². The number of hydrogen-bond acceptors (Lipinski definition) is 2. The van der Waals surface area contributed by atoms with Crippen LogP contribution in [0.5, 0.6) is 0 Å². The predicted molar refractivity (Wildman–Crippen MR) is 73.4 cm³/mol. The summed E-state index contributed by atoms with van der Waals surface area (Å²) in [6.45, 7) is 0. The van der Waals surface area contributed by atoms with E-state index >= 15 is 0 Å². The van der Waals surface area contributed by atoms with Crippen LogP contribution in [0.2, 0.25) is 0 Å². The minimum absolute atomic E-state index is 0.765. The van der Waals surface area contributed by atoms with Crippen molar-refractivity contribution in [3.8, 4) is 16.9 Å². The number of nitrogens with two attached hydrogens (primary N) is 1. The fraction of sp³-hybridized carbons (Fsp3) is 0. The summed E-state index contributed by atoms with van der Waals surface area (Å²) in [5.41, 5.74) is 9.56. The number of nitrogens with zero attached hydrogens (tertiary/aromatic N) is 2. The van der Waals surface area contributed by atoms with Crippen molar-refractivity contribution in [2.24, 2.45) is 0 Å². The first-order valence-electron chi connectivity index (χ1n) is 5.78. The molecule has 3 heteroatoms. The number of para-hydroxylation sites is 1. The van der Waals surface area contributed by atoms with Gasteiger partial charge in [0.25, 0.3) is 0 Å². The van der Waals surface area contributed by atoms with Crippen LogP contribution in [0.4, 0.5) is 5.69 Å². The predicted octanol–water partition coefficient (Wildman–Crippen LogP) is 3.12. The normalized spacial score (nSPS) is 10.4. The number of benzene rings is 2. The van der Waals surface area contributed by atoms with Gasteiger partial charge in [0, 0.05) is 23.1 Å². The van der Waals surface area contributed by atoms with Gasteiger partial charge in [0.2, 0.25) is 0 Å². The molecule has 88 valence electrons. The van der Waals surface area contributed by atoms with Crippen molar-refractivity contribution in [2.75, 3.05) is 5.73 Å². The smallest absolute Gasteiger partial charge is 0.0999 e. The molecule has 0 aliphatic carbocycles. The van der Waals surface area contributed by atoms with Gasteiger partial charge in [0.15, 0.2) is 0 Å². The van der Waals surface area contributed by atoms with Crippen LogP contribution in [-0.2, 0) is 0 Å². The van der Waals surface area contributed by atoms with Crippen molar-refractivity contribution in [1.82, 2.24) is 9.55 Å². The molecule has 0 unspecified atom stereocenters. The molecule has 3 rings (SSSR count). The van der Waals surface area contributed by atoms with E-state index in [0.717, 1.165) is 22.6 Å². The molecule has 0 radical (unpaired) electrons. The van der Waals surface area contributed by atoms with Gasteiger partial charge in [0.1, 0.15) is 0 Å². The van der Waals surface area contributed by atoms with Crippen LogP contribution in [0.1, 0.15) is 0 Å². The van der Waals surface area contributed by atoms with Crippen molar-refractivity contribution in [3.63, 3.8) is 0 Å². The molecule has 0 amide bonds. The molecular formula is C15H13N3. The van der Waals surface area contributed by atoms with Gasteiger partial charge in [-0.2, -0.15) is 0 Å². The topological polar surface area (TPSA) is 43.8 Å². The van der Waals surface area contributed by atoms with Crippen molar-refractivity contribution in [1.29, 1.82) is 0 Å². The van der Waals surface area contributed by atoms with Crippen LogP contribution in [-0.4, -0.2) is 9.55 Å². The highest BCUT2D eigenvalue weighted by atomic mass is 15.0. The summed E-state index contributed by atoms with van der Waals surface area (Å²) in [5.74, 6) is 0. The Bertz CT molecular complexity index is 639. The number of imidazole rings is 1.